The van der Waals surface area contributed by atoms with Crippen LogP contribution in [0.4, 0.5) is 24.5 Å². The Morgan fingerprint density at radius 2 is 1.79 bits per heavy atom. The van der Waals surface area contributed by atoms with Gasteiger partial charge in [-0.15, -0.1) is 0 Å². The second-order valence-corrected chi connectivity index (χ2v) is 2.74. The van der Waals surface area contributed by atoms with Gasteiger partial charge in [-0.3, -0.25) is 9.59 Å². The first-order valence-electron chi connectivity index (χ1n) is 3.72. The van der Waals surface area contributed by atoms with Crippen LogP contribution in [0.3, 0.4) is 0 Å². The van der Waals surface area contributed by atoms with Crippen molar-refractivity contribution in [1.82, 2.24) is 0 Å². The average Bonchev–Trinajstić information content (AvgIpc) is 2.09. The minimum Gasteiger partial charge on any atom is -0.394 e. The standard InChI is InChI=1S/C7H7F3N2O2/c8-7(9,10)1-2-12-4-3(11)5(13)6(4)14/h12H,1-2,11H2. The molecule has 0 radical (unpaired) electrons. The van der Waals surface area contributed by atoms with Crippen LogP contribution in [0.25, 0.3) is 0 Å². The summed E-state index contributed by atoms with van der Waals surface area (Å²) < 4.78 is 35.0. The number of alkyl halides is 3. The van der Waals surface area contributed by atoms with E-state index in [0.29, 0.717) is 0 Å². The molecule has 0 amide bonds. The van der Waals surface area contributed by atoms with Crippen LogP contribution in [0, 0.1) is 0 Å². The van der Waals surface area contributed by atoms with E-state index in [1.807, 2.05) is 0 Å². The smallest absolute Gasteiger partial charge is 0.390 e. The number of nitrogen functional groups attached to an aromatic ring is 1. The number of halogens is 3. The Bertz CT molecular complexity index is 403. The maximum atomic E-state index is 11.7. The monoisotopic (exact) mass is 208 g/mol. The van der Waals surface area contributed by atoms with Gasteiger partial charge in [0.05, 0.1) is 6.42 Å². The summed E-state index contributed by atoms with van der Waals surface area (Å²) in [6.07, 6.45) is -5.37. The summed E-state index contributed by atoms with van der Waals surface area (Å²) in [6, 6.07) is 0. The summed E-state index contributed by atoms with van der Waals surface area (Å²) in [7, 11) is 0. The largest absolute Gasteiger partial charge is 0.394 e. The number of anilines is 2. The number of rotatable bonds is 3. The van der Waals surface area contributed by atoms with Crippen LogP contribution in [-0.2, 0) is 0 Å². The molecule has 0 saturated carbocycles. The van der Waals surface area contributed by atoms with Crippen molar-refractivity contribution < 1.29 is 13.2 Å². The predicted octanol–water partition coefficient (Wildman–Crippen LogP) is 0.229. The van der Waals surface area contributed by atoms with Gasteiger partial charge in [0.15, 0.2) is 0 Å². The molecule has 14 heavy (non-hydrogen) atoms. The fourth-order valence-corrected chi connectivity index (χ4v) is 0.914. The van der Waals surface area contributed by atoms with Gasteiger partial charge in [-0.2, -0.15) is 13.2 Å². The van der Waals surface area contributed by atoms with E-state index in [0.717, 1.165) is 0 Å². The summed E-state index contributed by atoms with van der Waals surface area (Å²) in [4.78, 5) is 21.2. The highest BCUT2D eigenvalue weighted by atomic mass is 19.4. The van der Waals surface area contributed by atoms with Gasteiger partial charge < -0.3 is 11.1 Å². The molecule has 0 bridgehead atoms. The summed E-state index contributed by atoms with van der Waals surface area (Å²) in [5, 5.41) is 2.17. The van der Waals surface area contributed by atoms with Gasteiger partial charge in [-0.1, -0.05) is 0 Å². The third-order valence-electron chi connectivity index (χ3n) is 1.66. The molecule has 0 atom stereocenters. The summed E-state index contributed by atoms with van der Waals surface area (Å²) in [6.45, 7) is -0.460. The SMILES string of the molecule is Nc1c(NCCC(F)(F)F)c(=O)c1=O. The highest BCUT2D eigenvalue weighted by Gasteiger charge is 2.27. The van der Waals surface area contributed by atoms with Gasteiger partial charge in [0, 0.05) is 6.54 Å². The zero-order chi connectivity index (χ0) is 10.9. The lowest BCUT2D eigenvalue weighted by Crippen LogP contribution is -2.37. The van der Waals surface area contributed by atoms with Crippen LogP contribution < -0.4 is 21.9 Å². The van der Waals surface area contributed by atoms with Crippen LogP contribution in [0.15, 0.2) is 9.59 Å². The molecule has 0 aliphatic carbocycles. The summed E-state index contributed by atoms with van der Waals surface area (Å²) >= 11 is 0. The number of nitrogens with two attached hydrogens (primary N) is 1. The molecule has 0 aliphatic heterocycles. The van der Waals surface area contributed by atoms with Crippen molar-refractivity contribution in [2.24, 2.45) is 0 Å². The molecule has 0 spiro atoms. The molecular weight excluding hydrogens is 201 g/mol. The maximum absolute atomic E-state index is 11.7. The first-order chi connectivity index (χ1) is 6.33. The highest BCUT2D eigenvalue weighted by Crippen LogP contribution is 2.19. The second kappa shape index (κ2) is 3.32. The topological polar surface area (TPSA) is 72.2 Å². The van der Waals surface area contributed by atoms with Crippen molar-refractivity contribution in [3.63, 3.8) is 0 Å². The van der Waals surface area contributed by atoms with Crippen LogP contribution in [0.5, 0.6) is 0 Å². The van der Waals surface area contributed by atoms with Gasteiger partial charge in [0.25, 0.3) is 10.9 Å². The molecule has 78 valence electrons. The van der Waals surface area contributed by atoms with Crippen molar-refractivity contribution >= 4 is 11.4 Å². The van der Waals surface area contributed by atoms with Crippen LogP contribution in [-0.4, -0.2) is 12.7 Å². The third kappa shape index (κ3) is 2.04. The average molecular weight is 208 g/mol. The van der Waals surface area contributed by atoms with Crippen molar-refractivity contribution in [2.75, 3.05) is 17.6 Å². The lowest BCUT2D eigenvalue weighted by molar-refractivity contribution is -0.131. The molecule has 3 N–H and O–H groups in total. The zero-order valence-corrected chi connectivity index (χ0v) is 6.94. The van der Waals surface area contributed by atoms with Gasteiger partial charge in [0.2, 0.25) is 0 Å². The van der Waals surface area contributed by atoms with E-state index >= 15 is 0 Å². The Morgan fingerprint density at radius 3 is 2.21 bits per heavy atom. The lowest BCUT2D eigenvalue weighted by Gasteiger charge is -2.10. The molecule has 0 unspecified atom stereocenters. The van der Waals surface area contributed by atoms with Crippen molar-refractivity contribution in [1.29, 1.82) is 0 Å². The number of hydrogen-bond donors (Lipinski definition) is 2. The second-order valence-electron chi connectivity index (χ2n) is 2.74. The van der Waals surface area contributed by atoms with E-state index in [1.54, 1.807) is 0 Å². The minimum absolute atomic E-state index is 0.209. The van der Waals surface area contributed by atoms with E-state index in [-0.39, 0.29) is 11.4 Å². The molecule has 7 heteroatoms. The van der Waals surface area contributed by atoms with Crippen molar-refractivity contribution in [3.05, 3.63) is 20.4 Å². The van der Waals surface area contributed by atoms with Crippen molar-refractivity contribution in [3.8, 4) is 0 Å². The molecular formula is C7H7F3N2O2. The maximum Gasteiger partial charge on any atom is 0.390 e. The Labute approximate surface area is 76.2 Å². The number of hydrogen-bond acceptors (Lipinski definition) is 4. The van der Waals surface area contributed by atoms with Gasteiger partial charge >= 0.3 is 6.18 Å². The highest BCUT2D eigenvalue weighted by molar-refractivity contribution is 5.71. The molecule has 0 aliphatic rings. The molecule has 0 saturated heterocycles. The Kier molecular flexibility index (Phi) is 2.50. The first kappa shape index (κ1) is 10.6. The summed E-state index contributed by atoms with van der Waals surface area (Å²) in [5.74, 6) is 0. The van der Waals surface area contributed by atoms with Gasteiger partial charge in [-0.25, -0.2) is 0 Å². The van der Waals surface area contributed by atoms with E-state index in [2.05, 4.69) is 5.32 Å². The van der Waals surface area contributed by atoms with Crippen molar-refractivity contribution in [2.45, 2.75) is 12.6 Å². The normalized spacial score (nSPS) is 11.9. The Hall–Kier alpha value is -1.53. The predicted molar refractivity (Wildman–Crippen MR) is 44.9 cm³/mol. The van der Waals surface area contributed by atoms with E-state index in [4.69, 9.17) is 5.73 Å². The molecule has 4 nitrogen and oxygen atoms in total. The molecule has 0 fully saturated rings. The molecule has 1 rings (SSSR count). The molecule has 0 aromatic heterocycles. The quantitative estimate of drug-likeness (QED) is 0.697. The fourth-order valence-electron chi connectivity index (χ4n) is 0.914. The molecule has 1 aromatic carbocycles. The van der Waals surface area contributed by atoms with Crippen LogP contribution >= 0.6 is 0 Å². The molecule has 1 aromatic rings. The van der Waals surface area contributed by atoms with E-state index in [9.17, 15) is 22.8 Å². The van der Waals surface area contributed by atoms with E-state index in [1.165, 1.54) is 0 Å². The Balaban J connectivity index is 2.49. The minimum atomic E-state index is -4.29. The fraction of sp³-hybridized carbons (Fsp3) is 0.429. The molecule has 0 heterocycles. The zero-order valence-electron chi connectivity index (χ0n) is 6.94. The van der Waals surface area contributed by atoms with Crippen LogP contribution in [0.1, 0.15) is 6.42 Å². The van der Waals surface area contributed by atoms with Gasteiger partial charge in [0.1, 0.15) is 11.4 Å². The van der Waals surface area contributed by atoms with Gasteiger partial charge in [-0.05, 0) is 0 Å². The third-order valence-corrected chi connectivity index (χ3v) is 1.66. The summed E-state index contributed by atoms with van der Waals surface area (Å²) in [5.41, 5.74) is 2.86. The lowest BCUT2D eigenvalue weighted by atomic mass is 10.2. The van der Waals surface area contributed by atoms with E-state index < -0.39 is 30.0 Å². The van der Waals surface area contributed by atoms with Crippen LogP contribution in [0.2, 0.25) is 0 Å². The Morgan fingerprint density at radius 1 is 1.21 bits per heavy atom. The first-order valence-corrected chi connectivity index (χ1v) is 3.72. The number of nitrogens with one attached hydrogen (secondary N) is 1.